The Morgan fingerprint density at radius 3 is 2.18 bits per heavy atom. The van der Waals surface area contributed by atoms with Gasteiger partial charge in [0.15, 0.2) is 0 Å². The van der Waals surface area contributed by atoms with E-state index in [1.54, 1.807) is 0 Å². The Morgan fingerprint density at radius 2 is 2.00 bits per heavy atom. The van der Waals surface area contributed by atoms with Crippen molar-refractivity contribution in [2.45, 2.75) is 37.5 Å². The first-order valence-corrected chi connectivity index (χ1v) is 5.65. The molecule has 3 unspecified atom stereocenters. The Morgan fingerprint density at radius 1 is 1.36 bits per heavy atom. The van der Waals surface area contributed by atoms with Crippen molar-refractivity contribution in [3.63, 3.8) is 0 Å². The molecule has 2 fully saturated rings. The second-order valence-corrected chi connectivity index (χ2v) is 3.27. The zero-order chi connectivity index (χ0) is 8.43. The number of alkyl halides is 1. The lowest BCUT2D eigenvalue weighted by molar-refractivity contribution is 0.128. The first-order chi connectivity index (χ1) is 5.29. The molecule has 0 saturated carbocycles. The van der Waals surface area contributed by atoms with Crippen molar-refractivity contribution < 1.29 is 5.11 Å². The molecule has 3 heteroatoms. The molecule has 2 rings (SSSR count). The smallest absolute Gasteiger partial charge is 0.0710 e. The van der Waals surface area contributed by atoms with E-state index in [0.29, 0.717) is 12.1 Å². The minimum atomic E-state index is -0.0197. The van der Waals surface area contributed by atoms with Crippen LogP contribution in [-0.2, 0) is 0 Å². The number of hydrogen-bond donors (Lipinski definition) is 1. The zero-order valence-corrected chi connectivity index (χ0v) is 8.71. The van der Waals surface area contributed by atoms with Gasteiger partial charge in [-0.2, -0.15) is 0 Å². The molecule has 0 radical (unpaired) electrons. The number of halogens is 1. The summed E-state index contributed by atoms with van der Waals surface area (Å²) in [5.74, 6) is 1.81. The molecular weight excluding hydrogens is 206 g/mol. The van der Waals surface area contributed by atoms with Crippen LogP contribution in [-0.4, -0.2) is 41.1 Å². The van der Waals surface area contributed by atoms with Gasteiger partial charge in [-0.05, 0) is 32.1 Å². The molecule has 0 amide bonds. The summed E-state index contributed by atoms with van der Waals surface area (Å²) >= 11 is 2.94. The van der Waals surface area contributed by atoms with Crippen molar-refractivity contribution in [2.75, 3.05) is 12.9 Å². The molecule has 2 saturated heterocycles. The molecule has 0 aromatic rings. The van der Waals surface area contributed by atoms with Gasteiger partial charge >= 0.3 is 0 Å². The van der Waals surface area contributed by atoms with Crippen LogP contribution in [0.5, 0.6) is 0 Å². The maximum atomic E-state index is 9.35. The highest BCUT2D eigenvalue weighted by atomic mass is 79.9. The Balaban J connectivity index is 0.000000281. The number of fused-ring (bicyclic) bond motifs is 2. The quantitative estimate of drug-likeness (QED) is 0.623. The maximum absolute atomic E-state index is 9.35. The van der Waals surface area contributed by atoms with Crippen molar-refractivity contribution in [3.8, 4) is 0 Å². The molecule has 3 atom stereocenters. The third-order valence-electron chi connectivity index (χ3n) is 2.85. The number of nitrogens with zero attached hydrogens (tertiary/aromatic N) is 1. The molecule has 66 valence electrons. The molecule has 2 nitrogen and oxygen atoms in total. The molecule has 0 aromatic heterocycles. The molecule has 0 aliphatic carbocycles. The average molecular weight is 222 g/mol. The fraction of sp³-hybridized carbons (Fsp3) is 1.00. The van der Waals surface area contributed by atoms with Gasteiger partial charge in [0.2, 0.25) is 0 Å². The van der Waals surface area contributed by atoms with E-state index in [0.717, 1.165) is 6.42 Å². The molecule has 0 aromatic carbocycles. The van der Waals surface area contributed by atoms with Gasteiger partial charge in [-0.3, -0.25) is 4.90 Å². The van der Waals surface area contributed by atoms with Crippen LogP contribution in [0.15, 0.2) is 0 Å². The summed E-state index contributed by atoms with van der Waals surface area (Å²) in [4.78, 5) is 2.32. The highest BCUT2D eigenvalue weighted by Crippen LogP contribution is 2.35. The van der Waals surface area contributed by atoms with E-state index in [2.05, 4.69) is 27.9 Å². The van der Waals surface area contributed by atoms with Crippen molar-refractivity contribution in [3.05, 3.63) is 0 Å². The highest BCUT2D eigenvalue weighted by molar-refractivity contribution is 9.08. The topological polar surface area (TPSA) is 23.5 Å². The lowest BCUT2D eigenvalue weighted by Gasteiger charge is -2.15. The standard InChI is InChI=1S/C7H13NO.CH3Br/c1-8-5-2-3-6(8)7(9)4-5;1-2/h5-7,9H,2-4H2,1H3;1H3. The summed E-state index contributed by atoms with van der Waals surface area (Å²) in [5, 5.41) is 9.35. The molecule has 2 aliphatic rings. The second-order valence-electron chi connectivity index (χ2n) is 3.27. The number of hydrogen-bond acceptors (Lipinski definition) is 2. The lowest BCUT2D eigenvalue weighted by atomic mass is 9.98. The van der Waals surface area contributed by atoms with Crippen molar-refractivity contribution >= 4 is 15.9 Å². The second kappa shape index (κ2) is 3.87. The molecule has 2 heterocycles. The molecular formula is C8H16BrNO. The summed E-state index contributed by atoms with van der Waals surface area (Å²) in [7, 11) is 2.12. The number of rotatable bonds is 0. The fourth-order valence-electron chi connectivity index (χ4n) is 2.22. The van der Waals surface area contributed by atoms with Crippen LogP contribution in [0.3, 0.4) is 0 Å². The van der Waals surface area contributed by atoms with Crippen LogP contribution in [0.1, 0.15) is 19.3 Å². The van der Waals surface area contributed by atoms with E-state index < -0.39 is 0 Å². The Kier molecular flexibility index (Phi) is 3.34. The Hall–Kier alpha value is 0.400. The summed E-state index contributed by atoms with van der Waals surface area (Å²) in [6.45, 7) is 0. The monoisotopic (exact) mass is 221 g/mol. The van der Waals surface area contributed by atoms with Crippen LogP contribution in [0.25, 0.3) is 0 Å². The minimum Gasteiger partial charge on any atom is -0.391 e. The predicted molar refractivity (Wildman–Crippen MR) is 50.0 cm³/mol. The van der Waals surface area contributed by atoms with E-state index in [9.17, 15) is 5.11 Å². The first-order valence-electron chi connectivity index (χ1n) is 4.07. The van der Waals surface area contributed by atoms with Gasteiger partial charge in [-0.1, -0.05) is 15.9 Å². The number of aliphatic hydroxyl groups excluding tert-OH is 1. The molecule has 0 spiro atoms. The lowest BCUT2D eigenvalue weighted by Crippen LogP contribution is -2.28. The van der Waals surface area contributed by atoms with E-state index in [1.165, 1.54) is 12.8 Å². The van der Waals surface area contributed by atoms with Crippen molar-refractivity contribution in [2.24, 2.45) is 0 Å². The summed E-state index contributed by atoms with van der Waals surface area (Å²) in [6, 6.07) is 1.19. The predicted octanol–water partition coefficient (Wildman–Crippen LogP) is 1.22. The molecule has 2 bridgehead atoms. The van der Waals surface area contributed by atoms with Gasteiger partial charge in [0.25, 0.3) is 0 Å². The number of likely N-dealkylation sites (N-methyl/N-ethyl adjacent to an activating group) is 1. The number of aliphatic hydroxyl groups is 1. The fourth-order valence-corrected chi connectivity index (χ4v) is 2.22. The van der Waals surface area contributed by atoms with Crippen LogP contribution >= 0.6 is 15.9 Å². The maximum Gasteiger partial charge on any atom is 0.0710 e. The Bertz CT molecular complexity index is 131. The summed E-state index contributed by atoms with van der Waals surface area (Å²) < 4.78 is 0. The van der Waals surface area contributed by atoms with Gasteiger partial charge in [-0.25, -0.2) is 0 Å². The van der Waals surface area contributed by atoms with Crippen LogP contribution in [0.4, 0.5) is 0 Å². The van der Waals surface area contributed by atoms with Crippen LogP contribution < -0.4 is 0 Å². The third kappa shape index (κ3) is 1.60. The summed E-state index contributed by atoms with van der Waals surface area (Å²) in [5.41, 5.74) is 0. The van der Waals surface area contributed by atoms with Gasteiger partial charge in [0, 0.05) is 12.1 Å². The normalized spacial score (nSPS) is 42.0. The first kappa shape index (κ1) is 9.49. The SMILES string of the molecule is CBr.CN1C2CCC1C(O)C2. The third-order valence-corrected chi connectivity index (χ3v) is 2.85. The average Bonchev–Trinajstić information content (AvgIpc) is 2.49. The molecule has 2 aliphatic heterocycles. The van der Waals surface area contributed by atoms with E-state index in [4.69, 9.17) is 0 Å². The van der Waals surface area contributed by atoms with Gasteiger partial charge in [-0.15, -0.1) is 0 Å². The summed E-state index contributed by atoms with van der Waals surface area (Å²) in [6.07, 6.45) is 3.51. The zero-order valence-electron chi connectivity index (χ0n) is 7.13. The van der Waals surface area contributed by atoms with E-state index in [-0.39, 0.29) is 6.10 Å². The molecule has 1 N–H and O–H groups in total. The highest BCUT2D eigenvalue weighted by Gasteiger charge is 2.42. The molecule has 11 heavy (non-hydrogen) atoms. The van der Waals surface area contributed by atoms with E-state index >= 15 is 0 Å². The Labute approximate surface area is 76.7 Å². The van der Waals surface area contributed by atoms with Crippen molar-refractivity contribution in [1.29, 1.82) is 0 Å². The minimum absolute atomic E-state index is 0.0197. The van der Waals surface area contributed by atoms with Crippen LogP contribution in [0, 0.1) is 0 Å². The van der Waals surface area contributed by atoms with Gasteiger partial charge < -0.3 is 5.11 Å². The van der Waals surface area contributed by atoms with Gasteiger partial charge in [0.1, 0.15) is 0 Å². The van der Waals surface area contributed by atoms with Gasteiger partial charge in [0.05, 0.1) is 6.10 Å². The van der Waals surface area contributed by atoms with Crippen molar-refractivity contribution in [1.82, 2.24) is 4.90 Å². The largest absolute Gasteiger partial charge is 0.391 e. The van der Waals surface area contributed by atoms with Crippen LogP contribution in [0.2, 0.25) is 0 Å². The van der Waals surface area contributed by atoms with E-state index in [1.807, 2.05) is 5.83 Å².